The van der Waals surface area contributed by atoms with Crippen LogP contribution < -0.4 is 0 Å². The predicted molar refractivity (Wildman–Crippen MR) is 132 cm³/mol. The van der Waals surface area contributed by atoms with Gasteiger partial charge in [-0.25, -0.2) is 0 Å². The second-order valence-corrected chi connectivity index (χ2v) is 8.03. The first kappa shape index (κ1) is 27.4. The Hall–Kier alpha value is -2.62. The molecule has 0 spiro atoms. The van der Waals surface area contributed by atoms with Crippen molar-refractivity contribution in [3.8, 4) is 11.1 Å². The third kappa shape index (κ3) is 15.2. The Morgan fingerprint density at radius 1 is 0.656 bits per heavy atom. The van der Waals surface area contributed by atoms with Crippen LogP contribution in [0.15, 0.2) is 60.7 Å². The molecule has 176 valence electrons. The highest BCUT2D eigenvalue weighted by Crippen LogP contribution is 2.17. The molecule has 4 heteroatoms. The monoisotopic (exact) mass is 440 g/mol. The minimum atomic E-state index is -0.958. The Morgan fingerprint density at radius 3 is 1.53 bits per heavy atom. The Morgan fingerprint density at radius 2 is 1.09 bits per heavy atom. The highest BCUT2D eigenvalue weighted by molar-refractivity contribution is 5.76. The largest absolute Gasteiger partial charge is 0.481 e. The van der Waals surface area contributed by atoms with Crippen molar-refractivity contribution < 1.29 is 19.4 Å². The lowest BCUT2D eigenvalue weighted by molar-refractivity contribution is -0.147. The summed E-state index contributed by atoms with van der Waals surface area (Å²) in [5, 5.41) is 8.41. The molecule has 0 aliphatic rings. The zero-order valence-electron chi connectivity index (χ0n) is 19.6. The SMILES string of the molecule is CCCCCCCCCCCCOC(=O)CCC(=O)O.c1ccc(-c2ccccc2)cc1. The average molecular weight is 441 g/mol. The molecule has 4 nitrogen and oxygen atoms in total. The number of hydrogen-bond acceptors (Lipinski definition) is 3. The van der Waals surface area contributed by atoms with Crippen molar-refractivity contribution in [1.29, 1.82) is 0 Å². The van der Waals surface area contributed by atoms with Crippen molar-refractivity contribution in [2.24, 2.45) is 0 Å². The molecule has 2 aromatic rings. The van der Waals surface area contributed by atoms with Crippen LogP contribution in [0.25, 0.3) is 11.1 Å². The van der Waals surface area contributed by atoms with Crippen molar-refractivity contribution in [2.75, 3.05) is 6.61 Å². The first-order chi connectivity index (χ1) is 15.6. The lowest BCUT2D eigenvalue weighted by atomic mass is 10.1. The molecule has 32 heavy (non-hydrogen) atoms. The second-order valence-electron chi connectivity index (χ2n) is 8.03. The molecular weight excluding hydrogens is 400 g/mol. The zero-order chi connectivity index (χ0) is 23.3. The van der Waals surface area contributed by atoms with Crippen LogP contribution in [0, 0.1) is 0 Å². The molecule has 0 aromatic heterocycles. The quantitative estimate of drug-likeness (QED) is 0.228. The van der Waals surface area contributed by atoms with E-state index in [1.54, 1.807) is 0 Å². The van der Waals surface area contributed by atoms with E-state index in [2.05, 4.69) is 55.5 Å². The molecule has 0 saturated carbocycles. The third-order valence-electron chi connectivity index (χ3n) is 5.18. The minimum absolute atomic E-state index is 0.0207. The van der Waals surface area contributed by atoms with E-state index in [-0.39, 0.29) is 12.8 Å². The molecule has 2 aromatic carbocycles. The Bertz CT molecular complexity index is 675. The summed E-state index contributed by atoms with van der Waals surface area (Å²) in [5.74, 6) is -1.36. The molecular formula is C28H40O4. The van der Waals surface area contributed by atoms with Gasteiger partial charge < -0.3 is 9.84 Å². The third-order valence-corrected chi connectivity index (χ3v) is 5.18. The minimum Gasteiger partial charge on any atom is -0.481 e. The van der Waals surface area contributed by atoms with Gasteiger partial charge in [-0.1, -0.05) is 125 Å². The summed E-state index contributed by atoms with van der Waals surface area (Å²) >= 11 is 0. The highest BCUT2D eigenvalue weighted by atomic mass is 16.5. The Balaban J connectivity index is 0.000000357. The predicted octanol–water partition coefficient (Wildman–Crippen LogP) is 7.67. The van der Waals surface area contributed by atoms with Gasteiger partial charge in [-0.05, 0) is 17.5 Å². The van der Waals surface area contributed by atoms with Gasteiger partial charge in [0.25, 0.3) is 0 Å². The summed E-state index contributed by atoms with van der Waals surface area (Å²) in [4.78, 5) is 21.4. The number of carbonyl (C=O) groups excluding carboxylic acids is 1. The summed E-state index contributed by atoms with van der Waals surface area (Å²) in [5.41, 5.74) is 2.55. The number of benzene rings is 2. The van der Waals surface area contributed by atoms with E-state index in [1.165, 1.54) is 62.5 Å². The number of carboxylic acids is 1. The zero-order valence-corrected chi connectivity index (χ0v) is 19.6. The second kappa shape index (κ2) is 19.1. The van der Waals surface area contributed by atoms with Gasteiger partial charge in [0.05, 0.1) is 19.4 Å². The molecule has 0 radical (unpaired) electrons. The van der Waals surface area contributed by atoms with Crippen LogP contribution in [0.4, 0.5) is 0 Å². The Labute approximate surface area is 194 Å². The van der Waals surface area contributed by atoms with E-state index in [0.717, 1.165) is 12.8 Å². The molecule has 0 unspecified atom stereocenters. The number of aliphatic carboxylic acids is 1. The summed E-state index contributed by atoms with van der Waals surface area (Å²) in [6, 6.07) is 20.8. The van der Waals surface area contributed by atoms with E-state index >= 15 is 0 Å². The normalized spacial score (nSPS) is 10.2. The van der Waals surface area contributed by atoms with Crippen LogP contribution in [0.1, 0.15) is 84.0 Å². The fourth-order valence-corrected chi connectivity index (χ4v) is 3.32. The van der Waals surface area contributed by atoms with Crippen LogP contribution in [0.2, 0.25) is 0 Å². The van der Waals surface area contributed by atoms with Gasteiger partial charge in [-0.2, -0.15) is 0 Å². The van der Waals surface area contributed by atoms with E-state index in [0.29, 0.717) is 6.61 Å². The summed E-state index contributed by atoms with van der Waals surface area (Å²) < 4.78 is 4.96. The van der Waals surface area contributed by atoms with Gasteiger partial charge in [0, 0.05) is 0 Å². The maximum Gasteiger partial charge on any atom is 0.306 e. The molecule has 2 rings (SSSR count). The van der Waals surface area contributed by atoms with Gasteiger partial charge >= 0.3 is 11.9 Å². The number of carboxylic acid groups (broad SMARTS) is 1. The molecule has 0 amide bonds. The standard InChI is InChI=1S/C16H30O4.C12H10/c1-2-3-4-5-6-7-8-9-10-11-14-20-16(19)13-12-15(17)18;1-3-7-11(8-4-1)12-9-5-2-6-10-12/h2-14H2,1H3,(H,17,18);1-10H. The first-order valence-corrected chi connectivity index (χ1v) is 12.1. The van der Waals surface area contributed by atoms with Gasteiger partial charge in [-0.3, -0.25) is 9.59 Å². The molecule has 0 bridgehead atoms. The van der Waals surface area contributed by atoms with E-state index in [9.17, 15) is 9.59 Å². The van der Waals surface area contributed by atoms with Crippen LogP contribution in [0.3, 0.4) is 0 Å². The molecule has 0 heterocycles. The summed E-state index contributed by atoms with van der Waals surface area (Å²) in [6.45, 7) is 2.66. The van der Waals surface area contributed by atoms with Gasteiger partial charge in [-0.15, -0.1) is 0 Å². The highest BCUT2D eigenvalue weighted by Gasteiger charge is 2.05. The van der Waals surface area contributed by atoms with Gasteiger partial charge in [0.15, 0.2) is 0 Å². The maximum absolute atomic E-state index is 11.1. The van der Waals surface area contributed by atoms with Crippen LogP contribution >= 0.6 is 0 Å². The van der Waals surface area contributed by atoms with Crippen LogP contribution in [-0.4, -0.2) is 23.7 Å². The smallest absolute Gasteiger partial charge is 0.306 e. The molecule has 0 fully saturated rings. The van der Waals surface area contributed by atoms with E-state index < -0.39 is 11.9 Å². The van der Waals surface area contributed by atoms with Crippen LogP contribution in [0.5, 0.6) is 0 Å². The molecule has 0 atom stereocenters. The van der Waals surface area contributed by atoms with Crippen molar-refractivity contribution in [1.82, 2.24) is 0 Å². The molecule has 1 N–H and O–H groups in total. The van der Waals surface area contributed by atoms with E-state index in [1.807, 2.05) is 12.1 Å². The lowest BCUT2D eigenvalue weighted by Gasteiger charge is -2.04. The van der Waals surface area contributed by atoms with E-state index in [4.69, 9.17) is 9.84 Å². The first-order valence-electron chi connectivity index (χ1n) is 12.1. The summed E-state index contributed by atoms with van der Waals surface area (Å²) in [6.07, 6.45) is 12.3. The Kier molecular flexibility index (Phi) is 16.4. The van der Waals surface area contributed by atoms with Crippen LogP contribution in [-0.2, 0) is 14.3 Å². The van der Waals surface area contributed by atoms with Gasteiger partial charge in [0.2, 0.25) is 0 Å². The topological polar surface area (TPSA) is 63.6 Å². The van der Waals surface area contributed by atoms with Crippen molar-refractivity contribution in [2.45, 2.75) is 84.0 Å². The van der Waals surface area contributed by atoms with Crippen molar-refractivity contribution in [3.05, 3.63) is 60.7 Å². The number of hydrogen-bond donors (Lipinski definition) is 1. The van der Waals surface area contributed by atoms with Crippen molar-refractivity contribution in [3.63, 3.8) is 0 Å². The summed E-state index contributed by atoms with van der Waals surface area (Å²) in [7, 11) is 0. The van der Waals surface area contributed by atoms with Crippen molar-refractivity contribution >= 4 is 11.9 Å². The maximum atomic E-state index is 11.1. The number of ether oxygens (including phenoxy) is 1. The fourth-order valence-electron chi connectivity index (χ4n) is 3.32. The van der Waals surface area contributed by atoms with Gasteiger partial charge in [0.1, 0.15) is 0 Å². The molecule has 0 saturated heterocycles. The number of rotatable bonds is 15. The number of unbranched alkanes of at least 4 members (excludes halogenated alkanes) is 9. The fraction of sp³-hybridized carbons (Fsp3) is 0.500. The molecule has 0 aliphatic heterocycles. The average Bonchev–Trinajstić information content (AvgIpc) is 2.83. The lowest BCUT2D eigenvalue weighted by Crippen LogP contribution is -2.08. The molecule has 0 aliphatic carbocycles. The number of esters is 1. The number of carbonyl (C=O) groups is 2.